The van der Waals surface area contributed by atoms with Gasteiger partial charge in [-0.25, -0.2) is 4.98 Å². The van der Waals surface area contributed by atoms with E-state index in [9.17, 15) is 14.9 Å². The Morgan fingerprint density at radius 3 is 2.37 bits per heavy atom. The number of rotatable bonds is 8. The van der Waals surface area contributed by atoms with Crippen molar-refractivity contribution < 1.29 is 23.9 Å². The van der Waals surface area contributed by atoms with Crippen molar-refractivity contribution in [1.82, 2.24) is 20.5 Å². The van der Waals surface area contributed by atoms with E-state index in [2.05, 4.69) is 20.5 Å². The van der Waals surface area contributed by atoms with Gasteiger partial charge < -0.3 is 19.5 Å². The minimum absolute atomic E-state index is 0.00646. The third-order valence-corrected chi connectivity index (χ3v) is 4.24. The summed E-state index contributed by atoms with van der Waals surface area (Å²) in [6, 6.07) is 9.57. The van der Waals surface area contributed by atoms with Gasteiger partial charge in [0.15, 0.2) is 17.3 Å². The van der Waals surface area contributed by atoms with Gasteiger partial charge in [-0.3, -0.25) is 20.0 Å². The van der Waals surface area contributed by atoms with E-state index >= 15 is 0 Å². The Kier molecular flexibility index (Phi) is 6.11. The molecule has 1 amide bonds. The standard InChI is InChI=1S/C19H19N5O6/c1-28-12-6-4-11(5-7-12)18-21-17(22-23-18)10-20-19(25)13-8-15(29-2)16(30-3)9-14(13)24(26)27/h4-9H,10H2,1-3H3,(H,20,25)(H,21,22,23). The van der Waals surface area contributed by atoms with Crippen molar-refractivity contribution in [2.24, 2.45) is 0 Å². The van der Waals surface area contributed by atoms with Crippen LogP contribution in [-0.4, -0.2) is 47.3 Å². The van der Waals surface area contributed by atoms with E-state index < -0.39 is 16.5 Å². The summed E-state index contributed by atoms with van der Waals surface area (Å²) in [7, 11) is 4.30. The molecule has 1 aromatic heterocycles. The van der Waals surface area contributed by atoms with E-state index in [1.165, 1.54) is 20.3 Å². The highest BCUT2D eigenvalue weighted by molar-refractivity contribution is 5.99. The molecule has 0 radical (unpaired) electrons. The summed E-state index contributed by atoms with van der Waals surface area (Å²) in [5, 5.41) is 20.8. The molecule has 0 saturated carbocycles. The van der Waals surface area contributed by atoms with Crippen molar-refractivity contribution in [3.63, 3.8) is 0 Å². The molecule has 0 aliphatic heterocycles. The molecule has 0 aliphatic rings. The predicted octanol–water partition coefficient (Wildman–Crippen LogP) is 2.34. The summed E-state index contributed by atoms with van der Waals surface area (Å²) in [6.07, 6.45) is 0. The fraction of sp³-hybridized carbons (Fsp3) is 0.211. The summed E-state index contributed by atoms with van der Waals surface area (Å²) >= 11 is 0. The number of ether oxygens (including phenoxy) is 3. The lowest BCUT2D eigenvalue weighted by atomic mass is 10.1. The molecule has 2 aromatic carbocycles. The molecule has 3 aromatic rings. The van der Waals surface area contributed by atoms with Crippen LogP contribution in [0, 0.1) is 10.1 Å². The number of hydrogen-bond donors (Lipinski definition) is 2. The van der Waals surface area contributed by atoms with E-state index in [0.717, 1.165) is 11.6 Å². The van der Waals surface area contributed by atoms with Crippen LogP contribution in [0.15, 0.2) is 36.4 Å². The number of aromatic nitrogens is 3. The lowest BCUT2D eigenvalue weighted by Gasteiger charge is -2.10. The number of hydrogen-bond acceptors (Lipinski definition) is 8. The third kappa shape index (κ3) is 4.29. The molecule has 0 atom stereocenters. The number of nitrogens with one attached hydrogen (secondary N) is 2. The Morgan fingerprint density at radius 1 is 1.10 bits per heavy atom. The number of H-pyrrole nitrogens is 1. The van der Waals surface area contributed by atoms with Crippen LogP contribution in [0.2, 0.25) is 0 Å². The molecule has 3 rings (SSSR count). The van der Waals surface area contributed by atoms with Crippen LogP contribution in [-0.2, 0) is 6.54 Å². The van der Waals surface area contributed by atoms with Crippen LogP contribution in [0.3, 0.4) is 0 Å². The van der Waals surface area contributed by atoms with Gasteiger partial charge >= 0.3 is 0 Å². The molecule has 30 heavy (non-hydrogen) atoms. The second kappa shape index (κ2) is 8.90. The first-order valence-corrected chi connectivity index (χ1v) is 8.71. The minimum atomic E-state index is -0.662. The minimum Gasteiger partial charge on any atom is -0.497 e. The fourth-order valence-electron chi connectivity index (χ4n) is 2.70. The molecular weight excluding hydrogens is 394 g/mol. The smallest absolute Gasteiger partial charge is 0.286 e. The van der Waals surface area contributed by atoms with Crippen LogP contribution >= 0.6 is 0 Å². The topological polar surface area (TPSA) is 142 Å². The lowest BCUT2D eigenvalue weighted by Crippen LogP contribution is -2.24. The van der Waals surface area contributed by atoms with E-state index in [1.807, 2.05) is 0 Å². The largest absolute Gasteiger partial charge is 0.497 e. The van der Waals surface area contributed by atoms with Crippen LogP contribution in [0.1, 0.15) is 16.2 Å². The zero-order valence-corrected chi connectivity index (χ0v) is 16.5. The maximum absolute atomic E-state index is 12.6. The van der Waals surface area contributed by atoms with Crippen LogP contribution in [0.5, 0.6) is 17.2 Å². The van der Waals surface area contributed by atoms with Crippen LogP contribution < -0.4 is 19.5 Å². The molecule has 2 N–H and O–H groups in total. The first-order valence-electron chi connectivity index (χ1n) is 8.71. The van der Waals surface area contributed by atoms with Gasteiger partial charge in [-0.1, -0.05) is 0 Å². The van der Waals surface area contributed by atoms with Crippen molar-refractivity contribution in [2.75, 3.05) is 21.3 Å². The van der Waals surface area contributed by atoms with E-state index in [-0.39, 0.29) is 23.6 Å². The first kappa shape index (κ1) is 20.6. The molecule has 0 bridgehead atoms. The predicted molar refractivity (Wildman–Crippen MR) is 106 cm³/mol. The van der Waals surface area contributed by atoms with E-state index in [4.69, 9.17) is 14.2 Å². The number of nitro benzene ring substituents is 1. The first-order chi connectivity index (χ1) is 14.5. The molecule has 0 saturated heterocycles. The molecule has 11 heteroatoms. The summed E-state index contributed by atoms with van der Waals surface area (Å²) in [6.45, 7) is -0.00646. The zero-order valence-electron chi connectivity index (χ0n) is 16.5. The van der Waals surface area contributed by atoms with Gasteiger partial charge in [0.05, 0.1) is 38.9 Å². The van der Waals surface area contributed by atoms with Gasteiger partial charge in [0.2, 0.25) is 0 Å². The number of amides is 1. The lowest BCUT2D eigenvalue weighted by molar-refractivity contribution is -0.385. The number of carbonyl (C=O) groups is 1. The molecule has 11 nitrogen and oxygen atoms in total. The van der Waals surface area contributed by atoms with Crippen LogP contribution in [0.25, 0.3) is 11.4 Å². The Balaban J connectivity index is 1.76. The number of carbonyl (C=O) groups excluding carboxylic acids is 1. The average molecular weight is 413 g/mol. The average Bonchev–Trinajstić information content (AvgIpc) is 3.25. The number of benzene rings is 2. The quantitative estimate of drug-likeness (QED) is 0.423. The Labute approximate surface area is 171 Å². The van der Waals surface area contributed by atoms with Gasteiger partial charge in [-0.15, -0.1) is 0 Å². The molecule has 0 unspecified atom stereocenters. The molecule has 156 valence electrons. The maximum Gasteiger partial charge on any atom is 0.286 e. The zero-order chi connectivity index (χ0) is 21.7. The summed E-state index contributed by atoms with van der Waals surface area (Å²) in [5.74, 6) is 1.23. The molecule has 0 spiro atoms. The van der Waals surface area contributed by atoms with Crippen molar-refractivity contribution in [3.8, 4) is 28.6 Å². The van der Waals surface area contributed by atoms with Gasteiger partial charge in [0.25, 0.3) is 11.6 Å². The highest BCUT2D eigenvalue weighted by atomic mass is 16.6. The molecule has 0 aliphatic carbocycles. The second-order valence-corrected chi connectivity index (χ2v) is 6.00. The normalized spacial score (nSPS) is 10.4. The highest BCUT2D eigenvalue weighted by Gasteiger charge is 2.24. The van der Waals surface area contributed by atoms with E-state index in [1.54, 1.807) is 31.4 Å². The van der Waals surface area contributed by atoms with Gasteiger partial charge in [-0.05, 0) is 24.3 Å². The Bertz CT molecular complexity index is 1060. The molecule has 0 fully saturated rings. The van der Waals surface area contributed by atoms with Crippen LogP contribution in [0.4, 0.5) is 5.69 Å². The van der Waals surface area contributed by atoms with E-state index in [0.29, 0.717) is 17.4 Å². The number of nitrogens with zero attached hydrogens (tertiary/aromatic N) is 3. The SMILES string of the molecule is COc1ccc(-c2n[nH]c(CNC(=O)c3cc(OC)c(OC)cc3[N+](=O)[O-])n2)cc1. The van der Waals surface area contributed by atoms with Gasteiger partial charge in [0.1, 0.15) is 17.1 Å². The molecule has 1 heterocycles. The third-order valence-electron chi connectivity index (χ3n) is 4.24. The van der Waals surface area contributed by atoms with Crippen molar-refractivity contribution in [2.45, 2.75) is 6.54 Å². The van der Waals surface area contributed by atoms with Gasteiger partial charge in [-0.2, -0.15) is 5.10 Å². The maximum atomic E-state index is 12.6. The number of aromatic amines is 1. The van der Waals surface area contributed by atoms with Crippen molar-refractivity contribution >= 4 is 11.6 Å². The monoisotopic (exact) mass is 413 g/mol. The van der Waals surface area contributed by atoms with Crippen molar-refractivity contribution in [1.29, 1.82) is 0 Å². The second-order valence-electron chi connectivity index (χ2n) is 6.00. The summed E-state index contributed by atoms with van der Waals surface area (Å²) < 4.78 is 15.3. The van der Waals surface area contributed by atoms with Gasteiger partial charge in [0, 0.05) is 11.6 Å². The molecular formula is C19H19N5O6. The number of nitro groups is 1. The van der Waals surface area contributed by atoms with Crippen molar-refractivity contribution in [3.05, 3.63) is 57.9 Å². The summed E-state index contributed by atoms with van der Waals surface area (Å²) in [4.78, 5) is 27.6. The fourth-order valence-corrected chi connectivity index (χ4v) is 2.70. The Hall–Kier alpha value is -4.15. The highest BCUT2D eigenvalue weighted by Crippen LogP contribution is 2.34. The Morgan fingerprint density at radius 2 is 1.77 bits per heavy atom. The summed E-state index contributed by atoms with van der Waals surface area (Å²) in [5.41, 5.74) is 0.203. The number of methoxy groups -OCH3 is 3.